The molecule has 1 aromatic carbocycles. The van der Waals surface area contributed by atoms with Gasteiger partial charge in [-0.1, -0.05) is 29.6 Å². The summed E-state index contributed by atoms with van der Waals surface area (Å²) in [5, 5.41) is 3.10. The van der Waals surface area contributed by atoms with Gasteiger partial charge in [0.25, 0.3) is 0 Å². The van der Waals surface area contributed by atoms with Crippen molar-refractivity contribution >= 4 is 41.4 Å². The van der Waals surface area contributed by atoms with Crippen LogP contribution in [-0.2, 0) is 9.59 Å². The maximum absolute atomic E-state index is 12.1. The maximum Gasteiger partial charge on any atom is 0.244 e. The molecular weight excluding hydrogens is 362 g/mol. The lowest BCUT2D eigenvalue weighted by Crippen LogP contribution is -2.49. The highest BCUT2D eigenvalue weighted by molar-refractivity contribution is 7.96. The average Bonchev–Trinajstić information content (AvgIpc) is 2.64. The van der Waals surface area contributed by atoms with Crippen molar-refractivity contribution in [2.75, 3.05) is 46.1 Å². The van der Waals surface area contributed by atoms with E-state index < -0.39 is 0 Å². The highest BCUT2D eigenvalue weighted by Gasteiger charge is 2.20. The van der Waals surface area contributed by atoms with E-state index in [1.807, 2.05) is 6.26 Å². The summed E-state index contributed by atoms with van der Waals surface area (Å²) >= 11 is 7.72. The molecule has 1 aliphatic heterocycles. The van der Waals surface area contributed by atoms with Crippen LogP contribution in [0.1, 0.15) is 5.56 Å². The van der Waals surface area contributed by atoms with Crippen molar-refractivity contribution in [3.63, 3.8) is 0 Å². The zero-order valence-corrected chi connectivity index (χ0v) is 15.9. The lowest BCUT2D eigenvalue weighted by molar-refractivity contribution is -0.133. The predicted octanol–water partition coefficient (Wildman–Crippen LogP) is 1.90. The molecule has 2 rings (SSSR count). The van der Waals surface area contributed by atoms with E-state index in [0.717, 1.165) is 18.7 Å². The van der Waals surface area contributed by atoms with Gasteiger partial charge in [-0.25, -0.2) is 4.31 Å². The van der Waals surface area contributed by atoms with Crippen LogP contribution in [0.15, 0.2) is 24.3 Å². The van der Waals surface area contributed by atoms with Crippen molar-refractivity contribution in [3.8, 4) is 5.75 Å². The first-order valence-electron chi connectivity index (χ1n) is 7.89. The summed E-state index contributed by atoms with van der Waals surface area (Å²) in [6.07, 6.45) is 5.06. The molecular formula is C17H22ClN3O3S. The van der Waals surface area contributed by atoms with Gasteiger partial charge in [-0.15, -0.1) is 0 Å². The van der Waals surface area contributed by atoms with Gasteiger partial charge in [0.05, 0.1) is 18.7 Å². The minimum absolute atomic E-state index is 0.00576. The molecule has 1 N–H and O–H groups in total. The Morgan fingerprint density at radius 1 is 1.32 bits per heavy atom. The van der Waals surface area contributed by atoms with Crippen molar-refractivity contribution in [3.05, 3.63) is 34.9 Å². The number of hydrogen-bond donors (Lipinski definition) is 1. The van der Waals surface area contributed by atoms with Gasteiger partial charge in [0.2, 0.25) is 11.8 Å². The van der Waals surface area contributed by atoms with E-state index in [9.17, 15) is 9.59 Å². The molecule has 1 heterocycles. The molecule has 0 bridgehead atoms. The summed E-state index contributed by atoms with van der Waals surface area (Å²) in [4.78, 5) is 25.8. The highest BCUT2D eigenvalue weighted by atomic mass is 35.5. The van der Waals surface area contributed by atoms with Crippen molar-refractivity contribution in [2.24, 2.45) is 0 Å². The number of methoxy groups -OCH3 is 1. The largest absolute Gasteiger partial charge is 0.495 e. The van der Waals surface area contributed by atoms with Crippen molar-refractivity contribution in [2.45, 2.75) is 0 Å². The first kappa shape index (κ1) is 19.6. The maximum atomic E-state index is 12.1. The Kier molecular flexibility index (Phi) is 7.61. The van der Waals surface area contributed by atoms with Crippen LogP contribution in [0.3, 0.4) is 0 Å². The van der Waals surface area contributed by atoms with Crippen LogP contribution in [0, 0.1) is 0 Å². The second kappa shape index (κ2) is 9.70. The number of piperazine rings is 1. The summed E-state index contributed by atoms with van der Waals surface area (Å²) in [7, 11) is 1.54. The molecule has 0 aliphatic carbocycles. The third-order valence-electron chi connectivity index (χ3n) is 3.87. The zero-order chi connectivity index (χ0) is 18.2. The van der Waals surface area contributed by atoms with Crippen LogP contribution in [0.2, 0.25) is 5.02 Å². The standard InChI is InChI=1S/C17H22ClN3O3S/c1-24-15-5-3-13(11-14(15)18)4-6-16(22)19-12-17(23)20-7-9-21(25-2)10-8-20/h3-6,11H,7-10,12H2,1-2H3,(H,19,22)/b6-4+. The van der Waals surface area contributed by atoms with Crippen LogP contribution in [-0.4, -0.2) is 67.1 Å². The molecule has 0 aromatic heterocycles. The van der Waals surface area contributed by atoms with Gasteiger partial charge in [0.15, 0.2) is 0 Å². The van der Waals surface area contributed by atoms with Crippen molar-refractivity contribution in [1.82, 2.24) is 14.5 Å². The monoisotopic (exact) mass is 383 g/mol. The van der Waals surface area contributed by atoms with Crippen LogP contribution < -0.4 is 10.1 Å². The van der Waals surface area contributed by atoms with Crippen LogP contribution in [0.25, 0.3) is 6.08 Å². The minimum atomic E-state index is -0.317. The lowest BCUT2D eigenvalue weighted by atomic mass is 10.2. The van der Waals surface area contributed by atoms with Crippen LogP contribution in [0.4, 0.5) is 0 Å². The van der Waals surface area contributed by atoms with Gasteiger partial charge in [0, 0.05) is 32.3 Å². The molecule has 1 saturated heterocycles. The third-order valence-corrected chi connectivity index (χ3v) is 5.04. The molecule has 1 aromatic rings. The number of nitrogens with one attached hydrogen (secondary N) is 1. The van der Waals surface area contributed by atoms with E-state index >= 15 is 0 Å². The van der Waals surface area contributed by atoms with E-state index in [4.69, 9.17) is 16.3 Å². The van der Waals surface area contributed by atoms with E-state index in [1.165, 1.54) is 6.08 Å². The summed E-state index contributed by atoms with van der Waals surface area (Å²) in [5.74, 6) is 0.202. The van der Waals surface area contributed by atoms with E-state index in [-0.39, 0.29) is 18.4 Å². The van der Waals surface area contributed by atoms with Gasteiger partial charge >= 0.3 is 0 Å². The van der Waals surface area contributed by atoms with Crippen LogP contribution >= 0.6 is 23.5 Å². The van der Waals surface area contributed by atoms with Gasteiger partial charge in [0.1, 0.15) is 5.75 Å². The Balaban J connectivity index is 1.78. The van der Waals surface area contributed by atoms with Crippen LogP contribution in [0.5, 0.6) is 5.75 Å². The Labute approximate surface area is 157 Å². The van der Waals surface area contributed by atoms with Crippen molar-refractivity contribution in [1.29, 1.82) is 0 Å². The zero-order valence-electron chi connectivity index (χ0n) is 14.3. The number of ether oxygens (including phenoxy) is 1. The molecule has 6 nitrogen and oxygen atoms in total. The molecule has 8 heteroatoms. The molecule has 2 amide bonds. The number of carbonyl (C=O) groups is 2. The van der Waals surface area contributed by atoms with Crippen molar-refractivity contribution < 1.29 is 14.3 Å². The molecule has 0 radical (unpaired) electrons. The number of rotatable bonds is 6. The normalized spacial score (nSPS) is 15.4. The number of hydrogen-bond acceptors (Lipinski definition) is 5. The lowest BCUT2D eigenvalue weighted by Gasteiger charge is -2.33. The topological polar surface area (TPSA) is 61.9 Å². The highest BCUT2D eigenvalue weighted by Crippen LogP contribution is 2.25. The number of benzene rings is 1. The molecule has 0 unspecified atom stereocenters. The fraction of sp³-hybridized carbons (Fsp3) is 0.412. The Bertz CT molecular complexity index is 646. The summed E-state index contributed by atoms with van der Waals surface area (Å²) < 4.78 is 7.29. The fourth-order valence-electron chi connectivity index (χ4n) is 2.41. The molecule has 0 spiro atoms. The minimum Gasteiger partial charge on any atom is -0.495 e. The van der Waals surface area contributed by atoms with E-state index in [1.54, 1.807) is 48.2 Å². The first-order valence-corrected chi connectivity index (χ1v) is 9.45. The van der Waals surface area contributed by atoms with E-state index in [0.29, 0.717) is 23.9 Å². The molecule has 1 fully saturated rings. The summed E-state index contributed by atoms with van der Waals surface area (Å²) in [5.41, 5.74) is 0.778. The smallest absolute Gasteiger partial charge is 0.244 e. The number of carbonyl (C=O) groups excluding carboxylic acids is 2. The Morgan fingerprint density at radius 2 is 2.04 bits per heavy atom. The quantitative estimate of drug-likeness (QED) is 0.600. The van der Waals surface area contributed by atoms with Gasteiger partial charge in [-0.05, 0) is 30.0 Å². The molecule has 25 heavy (non-hydrogen) atoms. The molecule has 0 atom stereocenters. The van der Waals surface area contributed by atoms with Gasteiger partial charge in [-0.3, -0.25) is 9.59 Å². The van der Waals surface area contributed by atoms with Gasteiger partial charge < -0.3 is 15.0 Å². The molecule has 136 valence electrons. The SMILES string of the molecule is COc1ccc(/C=C/C(=O)NCC(=O)N2CCN(SC)CC2)cc1Cl. The Hall–Kier alpha value is -1.70. The van der Waals surface area contributed by atoms with E-state index in [2.05, 4.69) is 9.62 Å². The fourth-order valence-corrected chi connectivity index (χ4v) is 3.21. The number of nitrogens with zero attached hydrogens (tertiary/aromatic N) is 2. The predicted molar refractivity (Wildman–Crippen MR) is 102 cm³/mol. The average molecular weight is 384 g/mol. The summed E-state index contributed by atoms with van der Waals surface area (Å²) in [6, 6.07) is 5.24. The first-order chi connectivity index (χ1) is 12.0. The van der Waals surface area contributed by atoms with Gasteiger partial charge in [-0.2, -0.15) is 0 Å². The second-order valence-electron chi connectivity index (χ2n) is 5.44. The molecule has 0 saturated carbocycles. The molecule has 1 aliphatic rings. The second-order valence-corrected chi connectivity index (χ2v) is 6.73. The Morgan fingerprint density at radius 3 is 2.64 bits per heavy atom. The number of amides is 2. The summed E-state index contributed by atoms with van der Waals surface area (Å²) in [6.45, 7) is 3.08. The number of halogens is 1. The third kappa shape index (κ3) is 5.95.